The van der Waals surface area contributed by atoms with Crippen LogP contribution < -0.4 is 14.8 Å². The van der Waals surface area contributed by atoms with Gasteiger partial charge in [0.2, 0.25) is 5.91 Å². The third-order valence-corrected chi connectivity index (χ3v) is 3.67. The standard InChI is InChI=1S/C16H20N2O3S/c1-4-15(19)18-16-17-13(10-22-16)12-9-11(20-5-2)7-8-14(12)21-6-3/h7-10H,4-6H2,1-3H3,(H,17,18,19). The summed E-state index contributed by atoms with van der Waals surface area (Å²) in [5.74, 6) is 1.48. The third kappa shape index (κ3) is 3.98. The van der Waals surface area contributed by atoms with Crippen molar-refractivity contribution in [1.82, 2.24) is 4.98 Å². The number of anilines is 1. The molecule has 0 atom stereocenters. The summed E-state index contributed by atoms with van der Waals surface area (Å²) in [6.07, 6.45) is 0.429. The first-order chi connectivity index (χ1) is 10.7. The number of carbonyl (C=O) groups excluding carboxylic acids is 1. The van der Waals surface area contributed by atoms with Crippen LogP contribution in [0.5, 0.6) is 11.5 Å². The van der Waals surface area contributed by atoms with Gasteiger partial charge in [-0.1, -0.05) is 6.92 Å². The van der Waals surface area contributed by atoms with E-state index in [0.717, 1.165) is 22.8 Å². The van der Waals surface area contributed by atoms with E-state index in [0.29, 0.717) is 24.8 Å². The fraction of sp³-hybridized carbons (Fsp3) is 0.375. The van der Waals surface area contributed by atoms with Gasteiger partial charge in [-0.3, -0.25) is 4.79 Å². The highest BCUT2D eigenvalue weighted by Gasteiger charge is 2.13. The minimum absolute atomic E-state index is 0.0472. The van der Waals surface area contributed by atoms with Crippen LogP contribution in [0.15, 0.2) is 23.6 Å². The van der Waals surface area contributed by atoms with Crippen LogP contribution in [-0.4, -0.2) is 24.1 Å². The summed E-state index contributed by atoms with van der Waals surface area (Å²) in [7, 11) is 0. The first-order valence-electron chi connectivity index (χ1n) is 7.33. The minimum Gasteiger partial charge on any atom is -0.494 e. The molecule has 5 nitrogen and oxygen atoms in total. The van der Waals surface area contributed by atoms with E-state index in [1.807, 2.05) is 44.4 Å². The summed E-state index contributed by atoms with van der Waals surface area (Å²) in [4.78, 5) is 15.9. The van der Waals surface area contributed by atoms with Gasteiger partial charge in [0.1, 0.15) is 11.5 Å². The van der Waals surface area contributed by atoms with Crippen LogP contribution >= 0.6 is 11.3 Å². The molecule has 118 valence electrons. The Kier molecular flexibility index (Phi) is 5.77. The molecule has 1 heterocycles. The lowest BCUT2D eigenvalue weighted by Gasteiger charge is -2.11. The number of rotatable bonds is 7. The normalized spacial score (nSPS) is 10.3. The number of aromatic nitrogens is 1. The molecule has 0 fully saturated rings. The van der Waals surface area contributed by atoms with Gasteiger partial charge in [0.25, 0.3) is 0 Å². The van der Waals surface area contributed by atoms with Crippen molar-refractivity contribution >= 4 is 22.4 Å². The molecular weight excluding hydrogens is 300 g/mol. The molecule has 0 unspecified atom stereocenters. The molecule has 0 saturated heterocycles. The second-order valence-corrected chi connectivity index (χ2v) is 5.32. The average Bonchev–Trinajstić information content (AvgIpc) is 2.97. The predicted molar refractivity (Wildman–Crippen MR) is 88.8 cm³/mol. The summed E-state index contributed by atoms with van der Waals surface area (Å²) in [5.41, 5.74) is 1.63. The molecule has 1 N–H and O–H groups in total. The summed E-state index contributed by atoms with van der Waals surface area (Å²) in [6, 6.07) is 5.67. The van der Waals surface area contributed by atoms with Crippen molar-refractivity contribution in [1.29, 1.82) is 0 Å². The Labute approximate surface area is 134 Å². The molecule has 6 heteroatoms. The summed E-state index contributed by atoms with van der Waals surface area (Å²) >= 11 is 1.39. The largest absolute Gasteiger partial charge is 0.494 e. The summed E-state index contributed by atoms with van der Waals surface area (Å²) in [5, 5.41) is 5.26. The number of hydrogen-bond donors (Lipinski definition) is 1. The molecule has 2 rings (SSSR count). The van der Waals surface area contributed by atoms with Gasteiger partial charge in [-0.05, 0) is 32.0 Å². The van der Waals surface area contributed by atoms with Crippen LogP contribution in [0.3, 0.4) is 0 Å². The first kappa shape index (κ1) is 16.3. The fourth-order valence-electron chi connectivity index (χ4n) is 1.91. The van der Waals surface area contributed by atoms with E-state index < -0.39 is 0 Å². The Morgan fingerprint density at radius 2 is 2.00 bits per heavy atom. The number of nitrogens with one attached hydrogen (secondary N) is 1. The van der Waals surface area contributed by atoms with Gasteiger partial charge in [-0.2, -0.15) is 0 Å². The molecular formula is C16H20N2O3S. The van der Waals surface area contributed by atoms with Crippen molar-refractivity contribution in [3.05, 3.63) is 23.6 Å². The monoisotopic (exact) mass is 320 g/mol. The zero-order valence-electron chi connectivity index (χ0n) is 13.0. The molecule has 1 amide bonds. The van der Waals surface area contributed by atoms with E-state index in [2.05, 4.69) is 10.3 Å². The van der Waals surface area contributed by atoms with E-state index >= 15 is 0 Å². The van der Waals surface area contributed by atoms with Crippen molar-refractivity contribution in [3.63, 3.8) is 0 Å². The van der Waals surface area contributed by atoms with Crippen LogP contribution in [-0.2, 0) is 4.79 Å². The zero-order valence-corrected chi connectivity index (χ0v) is 13.8. The first-order valence-corrected chi connectivity index (χ1v) is 8.21. The van der Waals surface area contributed by atoms with E-state index in [1.54, 1.807) is 0 Å². The lowest BCUT2D eigenvalue weighted by Crippen LogP contribution is -2.08. The van der Waals surface area contributed by atoms with Gasteiger partial charge in [0.15, 0.2) is 5.13 Å². The smallest absolute Gasteiger partial charge is 0.225 e. The maximum absolute atomic E-state index is 11.4. The average molecular weight is 320 g/mol. The van der Waals surface area contributed by atoms with Gasteiger partial charge in [-0.25, -0.2) is 4.98 Å². The molecule has 2 aromatic rings. The number of ether oxygens (including phenoxy) is 2. The maximum atomic E-state index is 11.4. The molecule has 1 aromatic heterocycles. The summed E-state index contributed by atoms with van der Waals surface area (Å²) < 4.78 is 11.2. The van der Waals surface area contributed by atoms with Gasteiger partial charge in [0.05, 0.1) is 18.9 Å². The molecule has 0 aliphatic carbocycles. The molecule has 0 aliphatic rings. The highest BCUT2D eigenvalue weighted by Crippen LogP contribution is 2.35. The Morgan fingerprint density at radius 3 is 2.68 bits per heavy atom. The van der Waals surface area contributed by atoms with Crippen molar-refractivity contribution in [2.45, 2.75) is 27.2 Å². The zero-order chi connectivity index (χ0) is 15.9. The quantitative estimate of drug-likeness (QED) is 0.839. The molecule has 0 bridgehead atoms. The number of carbonyl (C=O) groups is 1. The molecule has 0 radical (unpaired) electrons. The van der Waals surface area contributed by atoms with Gasteiger partial charge < -0.3 is 14.8 Å². The van der Waals surface area contributed by atoms with E-state index in [1.165, 1.54) is 11.3 Å². The van der Waals surface area contributed by atoms with Crippen molar-refractivity contribution in [2.75, 3.05) is 18.5 Å². The molecule has 0 spiro atoms. The fourth-order valence-corrected chi connectivity index (χ4v) is 2.64. The Morgan fingerprint density at radius 1 is 1.23 bits per heavy atom. The number of hydrogen-bond acceptors (Lipinski definition) is 5. The van der Waals surface area contributed by atoms with Gasteiger partial charge >= 0.3 is 0 Å². The van der Waals surface area contributed by atoms with Crippen LogP contribution in [0.2, 0.25) is 0 Å². The van der Waals surface area contributed by atoms with Crippen LogP contribution in [0, 0.1) is 0 Å². The second-order valence-electron chi connectivity index (χ2n) is 4.46. The minimum atomic E-state index is -0.0472. The maximum Gasteiger partial charge on any atom is 0.225 e. The van der Waals surface area contributed by atoms with Crippen molar-refractivity contribution in [2.24, 2.45) is 0 Å². The van der Waals surface area contributed by atoms with Crippen LogP contribution in [0.25, 0.3) is 11.3 Å². The Balaban J connectivity index is 2.32. The lowest BCUT2D eigenvalue weighted by molar-refractivity contribution is -0.115. The molecule has 0 aliphatic heterocycles. The van der Waals surface area contributed by atoms with Crippen LogP contribution in [0.4, 0.5) is 5.13 Å². The molecule has 22 heavy (non-hydrogen) atoms. The topological polar surface area (TPSA) is 60.5 Å². The van der Waals surface area contributed by atoms with E-state index in [9.17, 15) is 4.79 Å². The van der Waals surface area contributed by atoms with E-state index in [4.69, 9.17) is 9.47 Å². The SMILES string of the molecule is CCOc1ccc(OCC)c(-c2csc(NC(=O)CC)n2)c1. The molecule has 0 saturated carbocycles. The predicted octanol–water partition coefficient (Wildman–Crippen LogP) is 3.96. The molecule has 1 aromatic carbocycles. The number of thiazole rings is 1. The number of amides is 1. The van der Waals surface area contributed by atoms with Gasteiger partial charge in [-0.15, -0.1) is 11.3 Å². The van der Waals surface area contributed by atoms with Crippen molar-refractivity contribution < 1.29 is 14.3 Å². The summed E-state index contributed by atoms with van der Waals surface area (Å²) in [6.45, 7) is 6.86. The van der Waals surface area contributed by atoms with Crippen LogP contribution in [0.1, 0.15) is 27.2 Å². The number of nitrogens with zero attached hydrogens (tertiary/aromatic N) is 1. The second kappa shape index (κ2) is 7.79. The highest BCUT2D eigenvalue weighted by molar-refractivity contribution is 7.14. The lowest BCUT2D eigenvalue weighted by atomic mass is 10.1. The highest BCUT2D eigenvalue weighted by atomic mass is 32.1. The van der Waals surface area contributed by atoms with E-state index in [-0.39, 0.29) is 5.91 Å². The Hall–Kier alpha value is -2.08. The van der Waals surface area contributed by atoms with Crippen molar-refractivity contribution in [3.8, 4) is 22.8 Å². The Bertz CT molecular complexity index is 640. The third-order valence-electron chi connectivity index (χ3n) is 2.91. The van der Waals surface area contributed by atoms with Gasteiger partial charge in [0, 0.05) is 17.4 Å². The number of benzene rings is 1.